The molecule has 0 saturated carbocycles. The highest BCUT2D eigenvalue weighted by Crippen LogP contribution is 2.31. The van der Waals surface area contributed by atoms with E-state index >= 15 is 0 Å². The third-order valence-corrected chi connectivity index (χ3v) is 5.90. The van der Waals surface area contributed by atoms with Gasteiger partial charge < -0.3 is 19.4 Å². The Kier molecular flexibility index (Phi) is 8.31. The van der Waals surface area contributed by atoms with Crippen molar-refractivity contribution in [2.24, 2.45) is 0 Å². The van der Waals surface area contributed by atoms with Gasteiger partial charge in [-0.15, -0.1) is 12.3 Å². The Morgan fingerprint density at radius 3 is 2.64 bits per heavy atom. The molecule has 36 heavy (non-hydrogen) atoms. The van der Waals surface area contributed by atoms with Gasteiger partial charge in [0.25, 0.3) is 5.56 Å². The number of pyridine rings is 1. The lowest BCUT2D eigenvalue weighted by molar-refractivity contribution is 0.103. The zero-order chi connectivity index (χ0) is 25.5. The van der Waals surface area contributed by atoms with Crippen LogP contribution in [-0.2, 0) is 11.2 Å². The molecule has 0 bridgehead atoms. The van der Waals surface area contributed by atoms with Gasteiger partial charge in [-0.3, -0.25) is 9.59 Å². The number of hydrogen-bond acceptors (Lipinski definition) is 6. The standard InChI is InChI=1S/C27H25BrN4O4/c1-3-5-6-10-21-30-26-23(27(34)31-21)22(19-8-7-9-20(28)29-19)24(32-26)25(33)17-11-13-18(14-12-17)36-16-15-35-4-2/h1,7-9,11-14H,4-6,10,15-16H2,2H3,(H2,30,31,32,34). The Labute approximate surface area is 216 Å². The number of fused-ring (bicyclic) bond motifs is 1. The van der Waals surface area contributed by atoms with Gasteiger partial charge in [-0.05, 0) is 65.7 Å². The number of ketones is 1. The zero-order valence-electron chi connectivity index (χ0n) is 19.8. The summed E-state index contributed by atoms with van der Waals surface area (Å²) in [6.07, 6.45) is 7.13. The molecule has 0 aliphatic carbocycles. The number of halogens is 1. The number of rotatable bonds is 11. The first-order valence-corrected chi connectivity index (χ1v) is 12.4. The Balaban J connectivity index is 1.74. The maximum atomic E-state index is 13.6. The van der Waals surface area contributed by atoms with Crippen molar-refractivity contribution in [2.75, 3.05) is 19.8 Å². The zero-order valence-corrected chi connectivity index (χ0v) is 21.4. The van der Waals surface area contributed by atoms with E-state index in [2.05, 4.69) is 41.8 Å². The van der Waals surface area contributed by atoms with E-state index in [1.165, 1.54) is 0 Å². The summed E-state index contributed by atoms with van der Waals surface area (Å²) in [4.78, 5) is 41.8. The summed E-state index contributed by atoms with van der Waals surface area (Å²) in [7, 11) is 0. The van der Waals surface area contributed by atoms with E-state index in [0.29, 0.717) is 77.7 Å². The molecule has 1 aromatic carbocycles. The van der Waals surface area contributed by atoms with E-state index in [0.717, 1.165) is 0 Å². The van der Waals surface area contributed by atoms with Crippen LogP contribution in [-0.4, -0.2) is 45.5 Å². The van der Waals surface area contributed by atoms with E-state index in [9.17, 15) is 9.59 Å². The summed E-state index contributed by atoms with van der Waals surface area (Å²) in [6, 6.07) is 12.1. The number of carbonyl (C=O) groups is 1. The third-order valence-electron chi connectivity index (χ3n) is 5.46. The highest BCUT2D eigenvalue weighted by Gasteiger charge is 2.24. The molecule has 3 aromatic heterocycles. The first-order valence-electron chi connectivity index (χ1n) is 11.6. The first-order chi connectivity index (χ1) is 17.5. The minimum atomic E-state index is -0.346. The number of nitrogens with one attached hydrogen (secondary N) is 2. The van der Waals surface area contributed by atoms with Crippen LogP contribution in [0.4, 0.5) is 0 Å². The minimum Gasteiger partial charge on any atom is -0.491 e. The molecule has 0 radical (unpaired) electrons. The van der Waals surface area contributed by atoms with Crippen LogP contribution < -0.4 is 10.3 Å². The number of H-pyrrole nitrogens is 2. The van der Waals surface area contributed by atoms with Crippen molar-refractivity contribution in [3.8, 4) is 29.4 Å². The molecule has 0 fully saturated rings. The lowest BCUT2D eigenvalue weighted by atomic mass is 10.0. The SMILES string of the molecule is C#CCCCc1nc2[nH]c(C(=O)c3ccc(OCCOCC)cc3)c(-c3cccc(Br)n3)c2c(=O)[nH]1. The molecule has 0 saturated heterocycles. The molecule has 2 N–H and O–H groups in total. The van der Waals surface area contributed by atoms with Gasteiger partial charge in [-0.25, -0.2) is 9.97 Å². The second-order valence-electron chi connectivity index (χ2n) is 7.91. The lowest BCUT2D eigenvalue weighted by Crippen LogP contribution is -2.12. The van der Waals surface area contributed by atoms with Crippen molar-refractivity contribution in [1.82, 2.24) is 19.9 Å². The van der Waals surface area contributed by atoms with Gasteiger partial charge >= 0.3 is 0 Å². The van der Waals surface area contributed by atoms with E-state index in [4.69, 9.17) is 15.9 Å². The van der Waals surface area contributed by atoms with Crippen molar-refractivity contribution in [1.29, 1.82) is 0 Å². The summed E-state index contributed by atoms with van der Waals surface area (Å²) < 4.78 is 11.5. The van der Waals surface area contributed by atoms with Crippen molar-refractivity contribution < 1.29 is 14.3 Å². The van der Waals surface area contributed by atoms with Crippen LogP contribution >= 0.6 is 15.9 Å². The quantitative estimate of drug-likeness (QED) is 0.122. The molecule has 0 atom stereocenters. The molecule has 9 heteroatoms. The number of carbonyl (C=O) groups excluding carboxylic acids is 1. The molecular formula is C27H25BrN4O4. The second kappa shape index (κ2) is 11.8. The normalized spacial score (nSPS) is 10.9. The minimum absolute atomic E-state index is 0.236. The molecule has 4 rings (SSSR count). The molecule has 184 valence electrons. The van der Waals surface area contributed by atoms with Crippen LogP contribution in [0.25, 0.3) is 22.3 Å². The van der Waals surface area contributed by atoms with Gasteiger partial charge in [0, 0.05) is 30.6 Å². The van der Waals surface area contributed by atoms with Crippen LogP contribution in [0.2, 0.25) is 0 Å². The van der Waals surface area contributed by atoms with Crippen LogP contribution in [0.15, 0.2) is 51.9 Å². The average molecular weight is 549 g/mol. The van der Waals surface area contributed by atoms with E-state index in [1.807, 2.05) is 6.92 Å². The molecule has 0 amide bonds. The molecule has 3 heterocycles. The highest BCUT2D eigenvalue weighted by atomic mass is 79.9. The van der Waals surface area contributed by atoms with Gasteiger partial charge in [-0.1, -0.05) is 6.07 Å². The molecule has 0 aliphatic heterocycles. The van der Waals surface area contributed by atoms with Crippen LogP contribution in [0.5, 0.6) is 5.75 Å². The fourth-order valence-electron chi connectivity index (χ4n) is 3.81. The molecule has 0 aliphatic rings. The third kappa shape index (κ3) is 5.73. The molecule has 0 unspecified atom stereocenters. The Bertz CT molecular complexity index is 1470. The number of nitrogens with zero attached hydrogens (tertiary/aromatic N) is 2. The Morgan fingerprint density at radius 1 is 1.11 bits per heavy atom. The predicted molar refractivity (Wildman–Crippen MR) is 141 cm³/mol. The molecule has 8 nitrogen and oxygen atoms in total. The Morgan fingerprint density at radius 2 is 1.92 bits per heavy atom. The summed E-state index contributed by atoms with van der Waals surface area (Å²) in [5.41, 5.74) is 1.52. The summed E-state index contributed by atoms with van der Waals surface area (Å²) in [5, 5.41) is 0.278. The van der Waals surface area contributed by atoms with Gasteiger partial charge in [0.15, 0.2) is 0 Å². The monoisotopic (exact) mass is 548 g/mol. The van der Waals surface area contributed by atoms with Gasteiger partial charge in [0.2, 0.25) is 5.78 Å². The average Bonchev–Trinajstić information content (AvgIpc) is 3.27. The molecule has 0 spiro atoms. The van der Waals surface area contributed by atoms with E-state index in [1.54, 1.807) is 42.5 Å². The van der Waals surface area contributed by atoms with Crippen molar-refractivity contribution >= 4 is 32.7 Å². The number of aromatic amines is 2. The number of terminal acetylenes is 1. The van der Waals surface area contributed by atoms with Crippen LogP contribution in [0, 0.1) is 12.3 Å². The smallest absolute Gasteiger partial charge is 0.261 e. The van der Waals surface area contributed by atoms with Crippen molar-refractivity contribution in [2.45, 2.75) is 26.2 Å². The van der Waals surface area contributed by atoms with Crippen LogP contribution in [0.1, 0.15) is 41.6 Å². The fourth-order valence-corrected chi connectivity index (χ4v) is 4.15. The number of ether oxygens (including phenoxy) is 2. The number of benzene rings is 1. The fraction of sp³-hybridized carbons (Fsp3) is 0.259. The van der Waals surface area contributed by atoms with Gasteiger partial charge in [-0.2, -0.15) is 0 Å². The van der Waals surface area contributed by atoms with Crippen molar-refractivity contribution in [3.05, 3.63) is 74.5 Å². The number of hydrogen-bond donors (Lipinski definition) is 2. The summed E-state index contributed by atoms with van der Waals surface area (Å²) >= 11 is 3.38. The summed E-state index contributed by atoms with van der Waals surface area (Å²) in [6.45, 7) is 3.45. The Hall–Kier alpha value is -3.74. The second-order valence-corrected chi connectivity index (χ2v) is 8.73. The lowest BCUT2D eigenvalue weighted by Gasteiger charge is -2.08. The largest absolute Gasteiger partial charge is 0.491 e. The maximum absolute atomic E-state index is 13.6. The van der Waals surface area contributed by atoms with E-state index < -0.39 is 0 Å². The maximum Gasteiger partial charge on any atom is 0.261 e. The molecule has 4 aromatic rings. The number of aromatic nitrogens is 4. The molecular weight excluding hydrogens is 524 g/mol. The van der Waals surface area contributed by atoms with Gasteiger partial charge in [0.1, 0.15) is 28.4 Å². The number of unbranched alkanes of at least 4 members (excludes halogenated alkanes) is 1. The van der Waals surface area contributed by atoms with E-state index in [-0.39, 0.29) is 22.4 Å². The van der Waals surface area contributed by atoms with Gasteiger partial charge in [0.05, 0.1) is 23.4 Å². The summed E-state index contributed by atoms with van der Waals surface area (Å²) in [5.74, 6) is 3.43. The highest BCUT2D eigenvalue weighted by molar-refractivity contribution is 9.10. The van der Waals surface area contributed by atoms with Crippen LogP contribution in [0.3, 0.4) is 0 Å². The topological polar surface area (TPSA) is 110 Å². The van der Waals surface area contributed by atoms with Crippen molar-refractivity contribution in [3.63, 3.8) is 0 Å². The first kappa shape index (κ1) is 25.4. The number of aryl methyl sites for hydroxylation is 1. The predicted octanol–water partition coefficient (Wildman–Crippen LogP) is 4.68.